The summed E-state index contributed by atoms with van der Waals surface area (Å²) in [5.41, 5.74) is 7.41. The topological polar surface area (TPSA) is 105 Å². The van der Waals surface area contributed by atoms with Crippen molar-refractivity contribution in [1.29, 1.82) is 0 Å². The molecule has 1 aliphatic rings. The number of aromatic nitrogens is 2. The second-order valence-corrected chi connectivity index (χ2v) is 8.97. The number of carbonyl (C=O) groups is 1. The number of benzene rings is 1. The van der Waals surface area contributed by atoms with Gasteiger partial charge in [-0.1, -0.05) is 11.6 Å². The van der Waals surface area contributed by atoms with E-state index in [0.29, 0.717) is 60.1 Å². The highest BCUT2D eigenvalue weighted by Crippen LogP contribution is 2.36. The zero-order valence-corrected chi connectivity index (χ0v) is 17.5. The lowest BCUT2D eigenvalue weighted by molar-refractivity contribution is -0.901. The molecule has 0 saturated carbocycles. The van der Waals surface area contributed by atoms with E-state index in [9.17, 15) is 9.90 Å². The van der Waals surface area contributed by atoms with Gasteiger partial charge in [-0.05, 0) is 39.0 Å². The lowest BCUT2D eigenvalue weighted by atomic mass is 10.0. The summed E-state index contributed by atoms with van der Waals surface area (Å²) in [7, 11) is 0. The fourth-order valence-corrected chi connectivity index (χ4v) is 4.41. The van der Waals surface area contributed by atoms with Gasteiger partial charge in [0.25, 0.3) is 0 Å². The molecule has 1 atom stereocenters. The Morgan fingerprint density at radius 1 is 1.28 bits per heavy atom. The van der Waals surface area contributed by atoms with E-state index in [-0.39, 0.29) is 10.4 Å². The number of anilines is 2. The minimum absolute atomic E-state index is 0.00292. The van der Waals surface area contributed by atoms with Crippen LogP contribution in [0.15, 0.2) is 22.6 Å². The largest absolute Gasteiger partial charge is 0.514 e. The first kappa shape index (κ1) is 19.7. The molecule has 8 nitrogen and oxygen atoms in total. The van der Waals surface area contributed by atoms with Gasteiger partial charge in [0.1, 0.15) is 23.2 Å². The number of nitrogens with two attached hydrogens (primary N) is 1. The van der Waals surface area contributed by atoms with E-state index in [2.05, 4.69) is 14.9 Å². The number of hydrogen-bond donors (Lipinski definition) is 2. The quantitative estimate of drug-likeness (QED) is 0.572. The Morgan fingerprint density at radius 3 is 2.72 bits per heavy atom. The molecule has 29 heavy (non-hydrogen) atoms. The van der Waals surface area contributed by atoms with E-state index >= 15 is 0 Å². The highest BCUT2D eigenvalue weighted by Gasteiger charge is 2.48. The van der Waals surface area contributed by atoms with Crippen LogP contribution in [-0.4, -0.2) is 57.4 Å². The van der Waals surface area contributed by atoms with Crippen molar-refractivity contribution in [3.8, 4) is 0 Å². The van der Waals surface area contributed by atoms with Gasteiger partial charge in [0.2, 0.25) is 5.95 Å². The first-order valence-corrected chi connectivity index (χ1v) is 10.0. The highest BCUT2D eigenvalue weighted by atomic mass is 35.5. The molecule has 1 saturated heterocycles. The van der Waals surface area contributed by atoms with Crippen molar-refractivity contribution >= 4 is 51.5 Å². The third-order valence-electron chi connectivity index (χ3n) is 5.94. The number of fused-ring (bicyclic) bond motifs is 3. The Labute approximate surface area is 173 Å². The molecule has 9 heteroatoms. The minimum Gasteiger partial charge on any atom is -0.450 e. The first-order valence-electron chi connectivity index (χ1n) is 9.63. The third kappa shape index (κ3) is 3.16. The Morgan fingerprint density at radius 2 is 2.03 bits per heavy atom. The van der Waals surface area contributed by atoms with Crippen molar-refractivity contribution in [2.45, 2.75) is 32.7 Å². The van der Waals surface area contributed by atoms with Gasteiger partial charge in [0, 0.05) is 23.4 Å². The molecule has 4 rings (SSSR count). The van der Waals surface area contributed by atoms with Crippen LogP contribution in [0.25, 0.3) is 22.1 Å². The molecule has 1 aromatic carbocycles. The zero-order valence-electron chi connectivity index (χ0n) is 16.8. The summed E-state index contributed by atoms with van der Waals surface area (Å²) in [5, 5.41) is 11.4. The third-order valence-corrected chi connectivity index (χ3v) is 6.18. The van der Waals surface area contributed by atoms with Gasteiger partial charge in [-0.15, -0.1) is 0 Å². The molecule has 0 spiro atoms. The van der Waals surface area contributed by atoms with Crippen molar-refractivity contribution in [3.05, 3.63) is 23.2 Å². The van der Waals surface area contributed by atoms with Crippen LogP contribution in [-0.2, 0) is 0 Å². The van der Waals surface area contributed by atoms with E-state index < -0.39 is 11.6 Å². The van der Waals surface area contributed by atoms with Gasteiger partial charge in [0.15, 0.2) is 11.4 Å². The van der Waals surface area contributed by atoms with Gasteiger partial charge in [-0.3, -0.25) is 0 Å². The van der Waals surface area contributed by atoms with Gasteiger partial charge in [-0.2, -0.15) is 9.78 Å². The van der Waals surface area contributed by atoms with Crippen LogP contribution in [0.2, 0.25) is 5.02 Å². The Hall–Kier alpha value is -2.58. The average molecular weight is 419 g/mol. The van der Waals surface area contributed by atoms with Gasteiger partial charge >= 0.3 is 6.09 Å². The van der Waals surface area contributed by atoms with E-state index in [1.807, 2.05) is 20.8 Å². The number of hydrogen-bond acceptors (Lipinski definition) is 6. The Kier molecular flexibility index (Phi) is 4.59. The summed E-state index contributed by atoms with van der Waals surface area (Å²) in [5.74, 6) is 0.744. The fourth-order valence-electron chi connectivity index (χ4n) is 4.24. The summed E-state index contributed by atoms with van der Waals surface area (Å²) in [4.78, 5) is 23.1. The van der Waals surface area contributed by atoms with Crippen molar-refractivity contribution in [2.75, 3.05) is 36.8 Å². The van der Waals surface area contributed by atoms with E-state index in [1.54, 1.807) is 18.2 Å². The molecule has 3 aromatic rings. The predicted molar refractivity (Wildman–Crippen MR) is 113 cm³/mol. The van der Waals surface area contributed by atoms with E-state index in [0.717, 1.165) is 5.39 Å². The summed E-state index contributed by atoms with van der Waals surface area (Å²) in [6.45, 7) is 8.10. The standard InChI is InChI=1S/C20H24ClN5O3/c1-20(2,3)26(19(27)28)9-4-7-25(8-10-26)17-16-15(23-18(22)24-17)13-11-12(21)5-6-14(13)29-16/h5-6,11H,4,7-10H2,1-3H3,(H2-,22,23,24,27,28)/p+1. The molecular weight excluding hydrogens is 394 g/mol. The van der Waals surface area contributed by atoms with E-state index in [4.69, 9.17) is 21.8 Å². The number of halogens is 1. The summed E-state index contributed by atoms with van der Waals surface area (Å²) >= 11 is 6.15. The highest BCUT2D eigenvalue weighted by molar-refractivity contribution is 6.31. The number of quaternary nitrogens is 1. The molecule has 3 N–H and O–H groups in total. The SMILES string of the molecule is CC(C)(C)[N+]1(C(=O)O)CCCN(c2nc(N)nc3c2oc2ccc(Cl)cc23)CC1. The van der Waals surface area contributed by atoms with Gasteiger partial charge in [-0.25, -0.2) is 9.47 Å². The number of nitrogen functional groups attached to an aromatic ring is 1. The van der Waals surface area contributed by atoms with Crippen LogP contribution < -0.4 is 10.6 Å². The Bertz CT molecular complexity index is 1110. The predicted octanol–water partition coefficient (Wildman–Crippen LogP) is 4.12. The molecular formula is C20H25ClN5O3+. The molecule has 0 radical (unpaired) electrons. The maximum atomic E-state index is 12.2. The smallest absolute Gasteiger partial charge is 0.450 e. The van der Waals surface area contributed by atoms with Crippen molar-refractivity contribution < 1.29 is 18.8 Å². The van der Waals surface area contributed by atoms with Crippen LogP contribution in [0.3, 0.4) is 0 Å². The molecule has 2 aromatic heterocycles. The first-order chi connectivity index (χ1) is 13.6. The monoisotopic (exact) mass is 418 g/mol. The van der Waals surface area contributed by atoms with Gasteiger partial charge < -0.3 is 20.2 Å². The number of nitrogens with zero attached hydrogens (tertiary/aromatic N) is 4. The number of rotatable bonds is 1. The second kappa shape index (κ2) is 6.74. The molecule has 0 bridgehead atoms. The lowest BCUT2D eigenvalue weighted by Gasteiger charge is -2.42. The normalized spacial score (nSPS) is 20.9. The van der Waals surface area contributed by atoms with Crippen LogP contribution >= 0.6 is 11.6 Å². The maximum absolute atomic E-state index is 12.2. The summed E-state index contributed by atoms with van der Waals surface area (Å²) < 4.78 is 6.05. The summed E-state index contributed by atoms with van der Waals surface area (Å²) in [6, 6.07) is 5.36. The maximum Gasteiger partial charge on any atom is 0.514 e. The molecule has 3 heterocycles. The molecule has 1 fully saturated rings. The number of furan rings is 1. The molecule has 0 aliphatic carbocycles. The van der Waals surface area contributed by atoms with Crippen LogP contribution in [0, 0.1) is 0 Å². The van der Waals surface area contributed by atoms with Crippen LogP contribution in [0.5, 0.6) is 0 Å². The molecule has 154 valence electrons. The lowest BCUT2D eigenvalue weighted by Crippen LogP contribution is -2.64. The Balaban J connectivity index is 1.79. The average Bonchev–Trinajstić information content (AvgIpc) is 2.84. The van der Waals surface area contributed by atoms with Crippen molar-refractivity contribution in [2.24, 2.45) is 0 Å². The van der Waals surface area contributed by atoms with Crippen LogP contribution in [0.1, 0.15) is 27.2 Å². The van der Waals surface area contributed by atoms with Gasteiger partial charge in [0.05, 0.1) is 13.1 Å². The number of carboxylic acid groups (broad SMARTS) is 1. The molecule has 1 unspecified atom stereocenters. The summed E-state index contributed by atoms with van der Waals surface area (Å²) in [6.07, 6.45) is -0.0915. The second-order valence-electron chi connectivity index (χ2n) is 8.53. The molecule has 1 amide bonds. The van der Waals surface area contributed by atoms with E-state index in [1.165, 1.54) is 0 Å². The zero-order chi connectivity index (χ0) is 21.0. The molecule has 1 aliphatic heterocycles. The minimum atomic E-state index is -0.801. The fraction of sp³-hybridized carbons (Fsp3) is 0.450. The number of amides is 1. The van der Waals surface area contributed by atoms with Crippen molar-refractivity contribution in [1.82, 2.24) is 9.97 Å². The van der Waals surface area contributed by atoms with Crippen LogP contribution in [0.4, 0.5) is 16.6 Å². The van der Waals surface area contributed by atoms with Crippen molar-refractivity contribution in [3.63, 3.8) is 0 Å².